The van der Waals surface area contributed by atoms with Gasteiger partial charge in [0, 0.05) is 6.42 Å². The van der Waals surface area contributed by atoms with Gasteiger partial charge in [0.2, 0.25) is 0 Å². The van der Waals surface area contributed by atoms with Crippen LogP contribution in [0.4, 0.5) is 0 Å². The molecule has 0 amide bonds. The Morgan fingerprint density at radius 2 is 2.06 bits per heavy atom. The van der Waals surface area contributed by atoms with E-state index < -0.39 is 0 Å². The van der Waals surface area contributed by atoms with Crippen molar-refractivity contribution in [2.75, 3.05) is 0 Å². The molecule has 3 aliphatic rings. The van der Waals surface area contributed by atoms with Crippen molar-refractivity contribution in [3.05, 3.63) is 11.6 Å². The van der Waals surface area contributed by atoms with Gasteiger partial charge in [-0.1, -0.05) is 31.8 Å². The lowest BCUT2D eigenvalue weighted by atomic mass is 9.59. The summed E-state index contributed by atoms with van der Waals surface area (Å²) in [6.45, 7) is 2.32. The van der Waals surface area contributed by atoms with E-state index >= 15 is 0 Å². The molecule has 3 aliphatic carbocycles. The monoisotopic (exact) mass is 246 g/mol. The highest BCUT2D eigenvalue weighted by atomic mass is 16.1. The molecular formula is C17H26O. The zero-order chi connectivity index (χ0) is 12.5. The number of allylic oxidation sites excluding steroid dienone is 2. The molecule has 0 saturated heterocycles. The molecule has 0 aromatic carbocycles. The number of fused-ring (bicyclic) bond motifs is 3. The quantitative estimate of drug-likeness (QED) is 0.700. The third-order valence-electron chi connectivity index (χ3n) is 5.69. The Morgan fingerprint density at radius 1 is 1.17 bits per heavy atom. The molecule has 1 heteroatoms. The van der Waals surface area contributed by atoms with E-state index in [1.807, 2.05) is 6.08 Å². The molecule has 0 bridgehead atoms. The SMILES string of the molecule is CCCC1CCC2C(CCC3=CC(=O)CCC32)C1. The lowest BCUT2D eigenvalue weighted by Crippen LogP contribution is -2.36. The topological polar surface area (TPSA) is 17.1 Å². The third kappa shape index (κ3) is 2.29. The van der Waals surface area contributed by atoms with E-state index in [1.54, 1.807) is 0 Å². The molecule has 1 nitrogen and oxygen atoms in total. The summed E-state index contributed by atoms with van der Waals surface area (Å²) in [6.07, 6.45) is 13.7. The Balaban J connectivity index is 1.70. The van der Waals surface area contributed by atoms with Crippen molar-refractivity contribution < 1.29 is 4.79 Å². The van der Waals surface area contributed by atoms with Gasteiger partial charge in [0.25, 0.3) is 0 Å². The van der Waals surface area contributed by atoms with E-state index in [2.05, 4.69) is 6.92 Å². The average Bonchev–Trinajstić information content (AvgIpc) is 2.38. The normalized spacial score (nSPS) is 39.8. The van der Waals surface area contributed by atoms with Crippen LogP contribution in [0.3, 0.4) is 0 Å². The first-order chi connectivity index (χ1) is 8.78. The van der Waals surface area contributed by atoms with Crippen LogP contribution in [0.2, 0.25) is 0 Å². The summed E-state index contributed by atoms with van der Waals surface area (Å²) in [4.78, 5) is 11.5. The Labute approximate surface area is 111 Å². The molecule has 18 heavy (non-hydrogen) atoms. The van der Waals surface area contributed by atoms with Gasteiger partial charge in [-0.15, -0.1) is 0 Å². The van der Waals surface area contributed by atoms with Gasteiger partial charge >= 0.3 is 0 Å². The molecule has 0 heterocycles. The largest absolute Gasteiger partial charge is 0.295 e. The van der Waals surface area contributed by atoms with Crippen molar-refractivity contribution in [2.45, 2.75) is 64.7 Å². The Morgan fingerprint density at radius 3 is 2.89 bits per heavy atom. The van der Waals surface area contributed by atoms with Gasteiger partial charge < -0.3 is 0 Å². The molecule has 0 aromatic heterocycles. The number of ketones is 1. The molecule has 0 aliphatic heterocycles. The molecule has 2 saturated carbocycles. The van der Waals surface area contributed by atoms with Gasteiger partial charge in [-0.3, -0.25) is 4.79 Å². The maximum atomic E-state index is 11.5. The molecule has 2 fully saturated rings. The van der Waals surface area contributed by atoms with Crippen LogP contribution in [0, 0.1) is 23.7 Å². The second kappa shape index (κ2) is 5.19. The summed E-state index contributed by atoms with van der Waals surface area (Å²) in [7, 11) is 0. The number of carbonyl (C=O) groups is 1. The first kappa shape index (κ1) is 12.4. The standard InChI is InChI=1S/C17H26O/c1-2-3-12-4-8-16-13(10-12)5-6-14-11-15(18)7-9-17(14)16/h11-13,16-17H,2-10H2,1H3. The fourth-order valence-electron chi connectivity index (χ4n) is 4.88. The Kier molecular flexibility index (Phi) is 3.59. The summed E-state index contributed by atoms with van der Waals surface area (Å²) in [5, 5.41) is 0. The van der Waals surface area contributed by atoms with Crippen molar-refractivity contribution in [3.63, 3.8) is 0 Å². The van der Waals surface area contributed by atoms with Crippen LogP contribution in [0.25, 0.3) is 0 Å². The predicted molar refractivity (Wildman–Crippen MR) is 74.3 cm³/mol. The molecule has 4 atom stereocenters. The number of hydrogen-bond acceptors (Lipinski definition) is 1. The van der Waals surface area contributed by atoms with Crippen LogP contribution < -0.4 is 0 Å². The van der Waals surface area contributed by atoms with Gasteiger partial charge in [0.15, 0.2) is 5.78 Å². The van der Waals surface area contributed by atoms with E-state index in [0.29, 0.717) is 5.78 Å². The van der Waals surface area contributed by atoms with Crippen molar-refractivity contribution in [1.29, 1.82) is 0 Å². The highest BCUT2D eigenvalue weighted by Gasteiger charge is 2.40. The minimum atomic E-state index is 0.388. The van der Waals surface area contributed by atoms with E-state index in [-0.39, 0.29) is 0 Å². The van der Waals surface area contributed by atoms with Crippen LogP contribution >= 0.6 is 0 Å². The molecule has 100 valence electrons. The molecule has 0 radical (unpaired) electrons. The zero-order valence-corrected chi connectivity index (χ0v) is 11.7. The van der Waals surface area contributed by atoms with E-state index in [1.165, 1.54) is 50.5 Å². The second-order valence-electron chi connectivity index (χ2n) is 6.76. The summed E-state index contributed by atoms with van der Waals surface area (Å²) in [6, 6.07) is 0. The number of hydrogen-bond donors (Lipinski definition) is 0. The maximum absolute atomic E-state index is 11.5. The van der Waals surface area contributed by atoms with Crippen molar-refractivity contribution in [3.8, 4) is 0 Å². The molecule has 0 N–H and O–H groups in total. The highest BCUT2D eigenvalue weighted by Crippen LogP contribution is 2.50. The predicted octanol–water partition coefficient (Wildman–Crippen LogP) is 4.52. The first-order valence-electron chi connectivity index (χ1n) is 8.01. The summed E-state index contributed by atoms with van der Waals surface area (Å²) < 4.78 is 0. The fraction of sp³-hybridized carbons (Fsp3) is 0.824. The van der Waals surface area contributed by atoms with Gasteiger partial charge in [-0.25, -0.2) is 0 Å². The van der Waals surface area contributed by atoms with Gasteiger partial charge in [-0.2, -0.15) is 0 Å². The zero-order valence-electron chi connectivity index (χ0n) is 11.7. The minimum absolute atomic E-state index is 0.388. The fourth-order valence-corrected chi connectivity index (χ4v) is 4.88. The molecule has 4 unspecified atom stereocenters. The Bertz CT molecular complexity index is 355. The Hall–Kier alpha value is -0.590. The van der Waals surface area contributed by atoms with Gasteiger partial charge in [0.05, 0.1) is 0 Å². The second-order valence-corrected chi connectivity index (χ2v) is 6.76. The average molecular weight is 246 g/mol. The van der Waals surface area contributed by atoms with Crippen LogP contribution in [0.15, 0.2) is 11.6 Å². The summed E-state index contributed by atoms with van der Waals surface area (Å²) >= 11 is 0. The van der Waals surface area contributed by atoms with Crippen LogP contribution in [-0.2, 0) is 4.79 Å². The lowest BCUT2D eigenvalue weighted by Gasteiger charge is -2.46. The molecule has 0 aromatic rings. The van der Waals surface area contributed by atoms with Crippen LogP contribution in [0.5, 0.6) is 0 Å². The number of rotatable bonds is 2. The summed E-state index contributed by atoms with van der Waals surface area (Å²) in [5.74, 6) is 4.08. The van der Waals surface area contributed by atoms with E-state index in [9.17, 15) is 4.79 Å². The summed E-state index contributed by atoms with van der Waals surface area (Å²) in [5.41, 5.74) is 1.52. The molecule has 0 spiro atoms. The lowest BCUT2D eigenvalue weighted by molar-refractivity contribution is -0.115. The smallest absolute Gasteiger partial charge is 0.155 e. The number of carbonyl (C=O) groups excluding carboxylic acids is 1. The highest BCUT2D eigenvalue weighted by molar-refractivity contribution is 5.91. The minimum Gasteiger partial charge on any atom is -0.295 e. The van der Waals surface area contributed by atoms with Crippen LogP contribution in [-0.4, -0.2) is 5.78 Å². The van der Waals surface area contributed by atoms with Crippen molar-refractivity contribution in [1.82, 2.24) is 0 Å². The third-order valence-corrected chi connectivity index (χ3v) is 5.69. The molecule has 3 rings (SSSR count). The van der Waals surface area contributed by atoms with Crippen molar-refractivity contribution >= 4 is 5.78 Å². The van der Waals surface area contributed by atoms with Crippen molar-refractivity contribution in [2.24, 2.45) is 23.7 Å². The van der Waals surface area contributed by atoms with E-state index in [0.717, 1.165) is 36.5 Å². The van der Waals surface area contributed by atoms with Gasteiger partial charge in [0.1, 0.15) is 0 Å². The first-order valence-corrected chi connectivity index (χ1v) is 8.01. The van der Waals surface area contributed by atoms with E-state index in [4.69, 9.17) is 0 Å². The van der Waals surface area contributed by atoms with Crippen LogP contribution in [0.1, 0.15) is 64.7 Å². The maximum Gasteiger partial charge on any atom is 0.155 e. The molecular weight excluding hydrogens is 220 g/mol. The van der Waals surface area contributed by atoms with Gasteiger partial charge in [-0.05, 0) is 61.9 Å².